The molecular formula is C33H35NO9. The maximum Gasteiger partial charge on any atom is 0.303 e. The summed E-state index contributed by atoms with van der Waals surface area (Å²) < 4.78 is 23.8. The summed E-state index contributed by atoms with van der Waals surface area (Å²) in [5, 5.41) is 11.8. The zero-order valence-electron chi connectivity index (χ0n) is 25.5. The highest BCUT2D eigenvalue weighted by Gasteiger charge is 2.53. The molecular weight excluding hydrogens is 554 g/mol. The van der Waals surface area contributed by atoms with Gasteiger partial charge in [-0.1, -0.05) is 6.07 Å². The number of phenolic OH excluding ortho intramolecular Hbond substituents is 1. The Morgan fingerprint density at radius 3 is 2.33 bits per heavy atom. The lowest BCUT2D eigenvalue weighted by Crippen LogP contribution is -2.61. The molecule has 3 aliphatic rings. The molecule has 43 heavy (non-hydrogen) atoms. The fraction of sp³-hybridized carbons (Fsp3) is 0.455. The van der Waals surface area contributed by atoms with Crippen LogP contribution in [0.4, 0.5) is 0 Å². The molecule has 3 aromatic rings. The van der Waals surface area contributed by atoms with Gasteiger partial charge in [-0.25, -0.2) is 0 Å². The van der Waals surface area contributed by atoms with Gasteiger partial charge in [-0.3, -0.25) is 19.2 Å². The summed E-state index contributed by atoms with van der Waals surface area (Å²) in [6, 6.07) is 6.03. The van der Waals surface area contributed by atoms with Crippen LogP contribution in [0.5, 0.6) is 5.75 Å². The van der Waals surface area contributed by atoms with Crippen molar-refractivity contribution in [2.45, 2.75) is 83.5 Å². The fourth-order valence-electron chi connectivity index (χ4n) is 6.72. The van der Waals surface area contributed by atoms with Crippen LogP contribution in [0.1, 0.15) is 95.9 Å². The third-order valence-electron chi connectivity index (χ3n) is 9.66. The zero-order chi connectivity index (χ0) is 31.3. The van der Waals surface area contributed by atoms with E-state index in [1.165, 1.54) is 25.1 Å². The lowest BCUT2D eigenvalue weighted by atomic mass is 9.77. The number of aromatic hydroxyl groups is 1. The van der Waals surface area contributed by atoms with E-state index in [0.29, 0.717) is 17.5 Å². The number of phenols is 1. The van der Waals surface area contributed by atoms with Gasteiger partial charge in [-0.05, 0) is 72.8 Å². The minimum atomic E-state index is -0.822. The molecule has 2 aliphatic heterocycles. The number of ketones is 2. The van der Waals surface area contributed by atoms with Crippen molar-refractivity contribution in [2.75, 3.05) is 14.1 Å². The van der Waals surface area contributed by atoms with E-state index in [-0.39, 0.29) is 56.3 Å². The molecule has 1 aromatic heterocycles. The minimum Gasteiger partial charge on any atom is -0.507 e. The highest BCUT2D eigenvalue weighted by atomic mass is 16.6. The average Bonchev–Trinajstić information content (AvgIpc) is 3.55. The fourth-order valence-corrected chi connectivity index (χ4v) is 6.72. The van der Waals surface area contributed by atoms with Gasteiger partial charge in [0, 0.05) is 29.7 Å². The molecule has 2 aromatic carbocycles. The smallest absolute Gasteiger partial charge is 0.303 e. The highest BCUT2D eigenvalue weighted by Crippen LogP contribution is 2.48. The molecule has 1 N–H and O–H groups in total. The number of epoxide rings is 1. The van der Waals surface area contributed by atoms with Gasteiger partial charge in [0.2, 0.25) is 5.78 Å². The van der Waals surface area contributed by atoms with Crippen molar-refractivity contribution in [3.63, 3.8) is 0 Å². The number of hydrogen-bond donors (Lipinski definition) is 1. The molecule has 0 bridgehead atoms. The number of carbonyl (C=O) groups is 3. The molecule has 0 saturated carbocycles. The van der Waals surface area contributed by atoms with Crippen LogP contribution in [0.25, 0.3) is 11.0 Å². The number of fused-ring (bicyclic) bond motifs is 4. The van der Waals surface area contributed by atoms with Gasteiger partial charge < -0.3 is 28.6 Å². The summed E-state index contributed by atoms with van der Waals surface area (Å²) >= 11 is 0. The third kappa shape index (κ3) is 4.18. The van der Waals surface area contributed by atoms with Gasteiger partial charge in [0.05, 0.1) is 40.4 Å². The number of ether oxygens (including phenoxy) is 3. The van der Waals surface area contributed by atoms with E-state index in [9.17, 15) is 24.3 Å². The second-order valence-corrected chi connectivity index (χ2v) is 12.6. The molecule has 226 valence electrons. The summed E-state index contributed by atoms with van der Waals surface area (Å²) in [4.78, 5) is 55.2. The SMILES string of the molecule is CC(=O)O[C@@H]1[C@H](C)O[C@@H](c2ccc3c(c2O)C(=O)c2c(cc(C)c4c(=O)cc(C5(C)OC5C)oc24)C3=O)C[C@]1(C)N(C)C. The first-order valence-corrected chi connectivity index (χ1v) is 14.3. The van der Waals surface area contributed by atoms with E-state index >= 15 is 0 Å². The van der Waals surface area contributed by atoms with Crippen LogP contribution < -0.4 is 5.43 Å². The van der Waals surface area contributed by atoms with E-state index in [1.54, 1.807) is 26.8 Å². The monoisotopic (exact) mass is 589 g/mol. The molecule has 3 heterocycles. The van der Waals surface area contributed by atoms with Gasteiger partial charge >= 0.3 is 5.97 Å². The number of nitrogens with zero attached hydrogens (tertiary/aromatic N) is 1. The molecule has 6 rings (SSSR count). The van der Waals surface area contributed by atoms with Crippen molar-refractivity contribution in [3.05, 3.63) is 73.6 Å². The van der Waals surface area contributed by atoms with Crippen molar-refractivity contribution >= 4 is 28.5 Å². The van der Waals surface area contributed by atoms with Crippen molar-refractivity contribution in [3.8, 4) is 5.75 Å². The maximum absolute atomic E-state index is 14.2. The highest BCUT2D eigenvalue weighted by molar-refractivity contribution is 6.32. The van der Waals surface area contributed by atoms with Crippen LogP contribution in [0, 0.1) is 6.92 Å². The number of esters is 1. The van der Waals surface area contributed by atoms with Crippen LogP contribution in [0.2, 0.25) is 0 Å². The largest absolute Gasteiger partial charge is 0.507 e. The molecule has 10 nitrogen and oxygen atoms in total. The van der Waals surface area contributed by atoms with E-state index in [4.69, 9.17) is 18.6 Å². The van der Waals surface area contributed by atoms with Crippen LogP contribution in [0.3, 0.4) is 0 Å². The number of rotatable bonds is 4. The average molecular weight is 590 g/mol. The Hall–Kier alpha value is -3.86. The maximum atomic E-state index is 14.2. The molecule has 2 unspecified atom stereocenters. The topological polar surface area (TPSA) is 136 Å². The standard InChI is InChI=1S/C33H35NO9/c1-14-11-20-26(30-24(14)21(36)12-23(42-30)33(6)16(3)43-33)29(39)25-19(27(20)37)10-9-18(28(25)38)22-13-32(5,34(7)8)31(15(2)40-22)41-17(4)35/h9-12,15-16,22,31,38H,13H2,1-8H3/t15-,16?,22+,31+,32-,33?/m0/s1. The Bertz CT molecular complexity index is 1810. The second-order valence-electron chi connectivity index (χ2n) is 12.6. The Morgan fingerprint density at radius 1 is 1.05 bits per heavy atom. The van der Waals surface area contributed by atoms with Gasteiger partial charge in [-0.2, -0.15) is 0 Å². The zero-order valence-corrected chi connectivity index (χ0v) is 25.5. The predicted molar refractivity (Wildman–Crippen MR) is 156 cm³/mol. The van der Waals surface area contributed by atoms with Crippen molar-refractivity contribution < 1.29 is 38.1 Å². The number of hydrogen-bond acceptors (Lipinski definition) is 10. The Labute approximate surface area is 248 Å². The number of aryl methyl sites for hydroxylation is 1. The first-order valence-electron chi connectivity index (χ1n) is 14.3. The molecule has 2 saturated heterocycles. The number of likely N-dealkylation sites (N-methyl/N-ethyl adjacent to an activating group) is 1. The first kappa shape index (κ1) is 29.2. The summed E-state index contributed by atoms with van der Waals surface area (Å²) in [6.45, 7) is 10.4. The summed E-state index contributed by atoms with van der Waals surface area (Å²) in [7, 11) is 3.75. The van der Waals surface area contributed by atoms with Crippen molar-refractivity contribution in [2.24, 2.45) is 0 Å². The van der Waals surface area contributed by atoms with Crippen LogP contribution in [0.15, 0.2) is 33.5 Å². The first-order chi connectivity index (χ1) is 20.1. The lowest BCUT2D eigenvalue weighted by Gasteiger charge is -2.50. The van der Waals surface area contributed by atoms with E-state index in [2.05, 4.69) is 0 Å². The molecule has 0 amide bonds. The van der Waals surface area contributed by atoms with Crippen LogP contribution in [-0.4, -0.2) is 65.5 Å². The van der Waals surface area contributed by atoms with Gasteiger partial charge in [-0.15, -0.1) is 0 Å². The second kappa shape index (κ2) is 9.57. The Balaban J connectivity index is 1.49. The van der Waals surface area contributed by atoms with Crippen molar-refractivity contribution in [1.82, 2.24) is 4.90 Å². The van der Waals surface area contributed by atoms with Gasteiger partial charge in [0.1, 0.15) is 28.8 Å². The van der Waals surface area contributed by atoms with E-state index in [1.807, 2.05) is 32.8 Å². The lowest BCUT2D eigenvalue weighted by molar-refractivity contribution is -0.201. The Morgan fingerprint density at radius 2 is 1.72 bits per heavy atom. The molecule has 6 atom stereocenters. The molecule has 10 heteroatoms. The van der Waals surface area contributed by atoms with Gasteiger partial charge in [0.25, 0.3) is 0 Å². The molecule has 0 spiro atoms. The summed E-state index contributed by atoms with van der Waals surface area (Å²) in [6.07, 6.45) is -1.68. The Kier molecular flexibility index (Phi) is 6.50. The number of benzene rings is 2. The van der Waals surface area contributed by atoms with E-state index < -0.39 is 47.0 Å². The predicted octanol–water partition coefficient (Wildman–Crippen LogP) is 4.32. The summed E-state index contributed by atoms with van der Waals surface area (Å²) in [5.74, 6) is -1.62. The minimum absolute atomic E-state index is 0.00201. The number of carbonyl (C=O) groups excluding carboxylic acids is 3. The molecule has 1 aliphatic carbocycles. The van der Waals surface area contributed by atoms with E-state index in [0.717, 1.165) is 0 Å². The normalized spacial score (nSPS) is 29.9. The molecule has 0 radical (unpaired) electrons. The van der Waals surface area contributed by atoms with Crippen LogP contribution in [-0.2, 0) is 24.6 Å². The summed E-state index contributed by atoms with van der Waals surface area (Å²) in [5.41, 5.74) is -1.07. The third-order valence-corrected chi connectivity index (χ3v) is 9.66. The van der Waals surface area contributed by atoms with Crippen molar-refractivity contribution in [1.29, 1.82) is 0 Å². The van der Waals surface area contributed by atoms with Gasteiger partial charge in [0.15, 0.2) is 11.2 Å². The van der Waals surface area contributed by atoms with Crippen LogP contribution >= 0.6 is 0 Å². The molecule has 2 fully saturated rings. The quantitative estimate of drug-likeness (QED) is 0.271.